The molecule has 3 aliphatic heterocycles. The summed E-state index contributed by atoms with van der Waals surface area (Å²) < 4.78 is 80.6. The number of ether oxygens (including phenoxy) is 2. The van der Waals surface area contributed by atoms with Crippen LogP contribution >= 0.6 is 0 Å². The van der Waals surface area contributed by atoms with E-state index in [4.69, 9.17) is 9.47 Å². The number of anilines is 2. The molecule has 222 valence electrons. The molecule has 3 saturated heterocycles. The first kappa shape index (κ1) is 28.3. The smallest absolute Gasteiger partial charge is 0.416 e. The maximum atomic E-state index is 13.7. The zero-order chi connectivity index (χ0) is 28.9. The van der Waals surface area contributed by atoms with E-state index in [1.165, 1.54) is 23.9 Å². The van der Waals surface area contributed by atoms with Crippen molar-refractivity contribution in [3.63, 3.8) is 0 Å². The molecule has 2 aromatic carbocycles. The third-order valence-corrected chi connectivity index (χ3v) is 10.6. The Balaban J connectivity index is 1.12. The molecule has 0 unspecified atom stereocenters. The molecule has 1 saturated carbocycles. The molecule has 2 bridgehead atoms. The lowest BCUT2D eigenvalue weighted by Gasteiger charge is -2.34. The molecule has 4 fully saturated rings. The van der Waals surface area contributed by atoms with Crippen LogP contribution in [0, 0.1) is 17.8 Å². The third-order valence-electron chi connectivity index (χ3n) is 8.68. The van der Waals surface area contributed by atoms with Crippen LogP contribution < -0.4 is 15.4 Å². The molecule has 41 heavy (non-hydrogen) atoms. The minimum absolute atomic E-state index is 0.0375. The first-order valence-corrected chi connectivity index (χ1v) is 15.2. The second-order valence-corrected chi connectivity index (χ2v) is 13.1. The molecule has 5 atom stereocenters. The Kier molecular flexibility index (Phi) is 7.41. The highest BCUT2D eigenvalue weighted by molar-refractivity contribution is 7.89. The minimum Gasteiger partial charge on any atom is -0.495 e. The molecule has 4 aliphatic rings. The summed E-state index contributed by atoms with van der Waals surface area (Å²) in [6, 6.07) is 9.84. The maximum Gasteiger partial charge on any atom is 0.416 e. The van der Waals surface area contributed by atoms with E-state index in [1.54, 1.807) is 24.3 Å². The van der Waals surface area contributed by atoms with Crippen molar-refractivity contribution < 1.29 is 35.9 Å². The summed E-state index contributed by atoms with van der Waals surface area (Å²) in [7, 11) is -2.74. The van der Waals surface area contributed by atoms with Crippen molar-refractivity contribution in [1.29, 1.82) is 0 Å². The Morgan fingerprint density at radius 3 is 2.49 bits per heavy atom. The number of hydrogen-bond acceptors (Lipinski definition) is 7. The lowest BCUT2D eigenvalue weighted by Crippen LogP contribution is -2.50. The van der Waals surface area contributed by atoms with Crippen molar-refractivity contribution in [2.45, 2.75) is 36.1 Å². The second kappa shape index (κ2) is 10.8. The van der Waals surface area contributed by atoms with Gasteiger partial charge in [0.15, 0.2) is 0 Å². The number of halogens is 3. The van der Waals surface area contributed by atoms with E-state index in [9.17, 15) is 26.4 Å². The van der Waals surface area contributed by atoms with Crippen molar-refractivity contribution in [3.05, 3.63) is 48.0 Å². The summed E-state index contributed by atoms with van der Waals surface area (Å²) in [4.78, 5) is 14.0. The molecule has 1 aliphatic carbocycles. The summed E-state index contributed by atoms with van der Waals surface area (Å²) in [6.45, 7) is 1.08. The first-order chi connectivity index (χ1) is 19.5. The van der Waals surface area contributed by atoms with Gasteiger partial charge in [0.05, 0.1) is 42.8 Å². The highest BCUT2D eigenvalue weighted by Gasteiger charge is 2.62. The highest BCUT2D eigenvalue weighted by Crippen LogP contribution is 2.60. The van der Waals surface area contributed by atoms with E-state index >= 15 is 0 Å². The number of methoxy groups -OCH3 is 1. The van der Waals surface area contributed by atoms with E-state index in [-0.39, 0.29) is 67.3 Å². The Hall–Kier alpha value is -2.87. The average Bonchev–Trinajstić information content (AvgIpc) is 3.55. The summed E-state index contributed by atoms with van der Waals surface area (Å²) in [6.07, 6.45) is -2.25. The van der Waals surface area contributed by atoms with Gasteiger partial charge in [-0.05, 0) is 55.0 Å². The van der Waals surface area contributed by atoms with Crippen LogP contribution in [0.25, 0.3) is 0 Å². The Bertz CT molecular complexity index is 1410. The van der Waals surface area contributed by atoms with E-state index in [1.807, 2.05) is 4.90 Å². The molecule has 2 aromatic rings. The topological polar surface area (TPSA) is 100 Å². The molecule has 2 N–H and O–H groups in total. The summed E-state index contributed by atoms with van der Waals surface area (Å²) in [5.41, 5.74) is -0.330. The molecular weight excluding hydrogens is 561 g/mol. The molecule has 0 radical (unpaired) electrons. The largest absolute Gasteiger partial charge is 0.495 e. The summed E-state index contributed by atoms with van der Waals surface area (Å²) in [5, 5.41) is 5.94. The Labute approximate surface area is 237 Å². The molecule has 0 spiro atoms. The molecule has 6 rings (SSSR count). The molecule has 0 aromatic heterocycles. The Morgan fingerprint density at radius 2 is 1.80 bits per heavy atom. The van der Waals surface area contributed by atoms with E-state index in [0.29, 0.717) is 29.8 Å². The maximum absolute atomic E-state index is 13.7. The number of fused-ring (bicyclic) bond motifs is 5. The van der Waals surface area contributed by atoms with Crippen molar-refractivity contribution in [2.24, 2.45) is 17.8 Å². The van der Waals surface area contributed by atoms with Crippen molar-refractivity contribution in [1.82, 2.24) is 9.21 Å². The average molecular weight is 595 g/mol. The highest BCUT2D eigenvalue weighted by atomic mass is 32.2. The summed E-state index contributed by atoms with van der Waals surface area (Å²) in [5.74, 6) is 1.64. The number of alkyl halides is 3. The van der Waals surface area contributed by atoms with Gasteiger partial charge in [0.2, 0.25) is 15.9 Å². The van der Waals surface area contributed by atoms with Crippen LogP contribution in [0.2, 0.25) is 0 Å². The van der Waals surface area contributed by atoms with Crippen LogP contribution in [-0.2, 0) is 25.7 Å². The number of benzene rings is 2. The SMILES string of the molecule is COc1ccccc1NC(=O)CN1CCN(S(=O)(=O)c2cc(C(F)(F)F)ccc2NC[C@@H]2C[C@@H]3O[C@H]2[C@H]2C[C@@H]23)CC1. The number of sulfonamides is 1. The molecule has 9 nitrogen and oxygen atoms in total. The van der Waals surface area contributed by atoms with Gasteiger partial charge < -0.3 is 20.1 Å². The number of rotatable bonds is 9. The van der Waals surface area contributed by atoms with Crippen LogP contribution in [-0.4, -0.2) is 82.1 Å². The van der Waals surface area contributed by atoms with Gasteiger partial charge in [0, 0.05) is 38.6 Å². The number of carbonyl (C=O) groups excluding carboxylic acids is 1. The van der Waals surface area contributed by atoms with Gasteiger partial charge in [0.25, 0.3) is 0 Å². The lowest BCUT2D eigenvalue weighted by atomic mass is 9.89. The molecule has 13 heteroatoms. The lowest BCUT2D eigenvalue weighted by molar-refractivity contribution is -0.137. The van der Waals surface area contributed by atoms with Crippen molar-refractivity contribution in [2.75, 3.05) is 57.0 Å². The van der Waals surface area contributed by atoms with E-state index in [0.717, 1.165) is 18.6 Å². The van der Waals surface area contributed by atoms with E-state index in [2.05, 4.69) is 10.6 Å². The number of amides is 1. The zero-order valence-corrected chi connectivity index (χ0v) is 23.4. The third kappa shape index (κ3) is 5.64. The van der Waals surface area contributed by atoms with Crippen molar-refractivity contribution in [3.8, 4) is 5.75 Å². The normalized spacial score (nSPS) is 27.9. The van der Waals surface area contributed by atoms with Crippen LogP contribution in [0.3, 0.4) is 0 Å². The second-order valence-electron chi connectivity index (χ2n) is 11.2. The van der Waals surface area contributed by atoms with Gasteiger partial charge in [-0.2, -0.15) is 17.5 Å². The fraction of sp³-hybridized carbons (Fsp3) is 0.536. The van der Waals surface area contributed by atoms with Gasteiger partial charge in [-0.1, -0.05) is 12.1 Å². The predicted molar refractivity (Wildman–Crippen MR) is 145 cm³/mol. The van der Waals surface area contributed by atoms with Crippen LogP contribution in [0.15, 0.2) is 47.4 Å². The molecular formula is C28H33F3N4O5S. The van der Waals surface area contributed by atoms with E-state index < -0.39 is 21.8 Å². The van der Waals surface area contributed by atoms with Crippen LogP contribution in [0.1, 0.15) is 18.4 Å². The van der Waals surface area contributed by atoms with Gasteiger partial charge >= 0.3 is 6.18 Å². The fourth-order valence-electron chi connectivity index (χ4n) is 6.47. The monoisotopic (exact) mass is 594 g/mol. The molecule has 1 amide bonds. The van der Waals surface area contributed by atoms with Gasteiger partial charge in [-0.25, -0.2) is 8.42 Å². The zero-order valence-electron chi connectivity index (χ0n) is 22.6. The number of hydrogen-bond donors (Lipinski definition) is 2. The first-order valence-electron chi connectivity index (χ1n) is 13.8. The fourth-order valence-corrected chi connectivity index (χ4v) is 8.09. The van der Waals surface area contributed by atoms with Gasteiger partial charge in [0.1, 0.15) is 10.6 Å². The summed E-state index contributed by atoms with van der Waals surface area (Å²) >= 11 is 0. The van der Waals surface area contributed by atoms with Crippen LogP contribution in [0.5, 0.6) is 5.75 Å². The number of nitrogens with zero attached hydrogens (tertiary/aromatic N) is 2. The Morgan fingerprint density at radius 1 is 1.05 bits per heavy atom. The quantitative estimate of drug-likeness (QED) is 0.459. The van der Waals surface area contributed by atoms with Gasteiger partial charge in [-0.3, -0.25) is 9.69 Å². The minimum atomic E-state index is -4.68. The number of carbonyl (C=O) groups is 1. The predicted octanol–water partition coefficient (Wildman–Crippen LogP) is 3.49. The number of para-hydroxylation sites is 2. The van der Waals surface area contributed by atoms with Gasteiger partial charge in [-0.15, -0.1) is 0 Å². The standard InChI is InChI=1S/C28H33F3N4O5S/c1-39-23-5-3-2-4-21(23)33-26(36)16-34-8-10-35(11-9-34)41(37,38)25-13-18(28(29,30)31)6-7-22(25)32-15-17-12-24-19-14-20(19)27(17)40-24/h2-7,13,17,19-20,24,27,32H,8-12,14-16H2,1H3,(H,33,36)/t17-,19-,20-,24-,27+/m0/s1. The van der Waals surface area contributed by atoms with Crippen molar-refractivity contribution >= 4 is 27.3 Å². The number of piperazine rings is 1. The number of nitrogens with one attached hydrogen (secondary N) is 2. The van der Waals surface area contributed by atoms with Crippen LogP contribution in [0.4, 0.5) is 24.5 Å². The molecule has 3 heterocycles.